The summed E-state index contributed by atoms with van der Waals surface area (Å²) in [6, 6.07) is 0. The van der Waals surface area contributed by atoms with Crippen LogP contribution in [0, 0.1) is 5.92 Å². The third-order valence-corrected chi connectivity index (χ3v) is 3.20. The first-order valence-electron chi connectivity index (χ1n) is 4.14. The van der Waals surface area contributed by atoms with E-state index in [0.29, 0.717) is 5.54 Å². The van der Waals surface area contributed by atoms with E-state index in [2.05, 4.69) is 24.3 Å². The lowest BCUT2D eigenvalue weighted by Crippen LogP contribution is -2.41. The lowest BCUT2D eigenvalue weighted by atomic mass is 10.1. The molecular formula is C8H16N2. The van der Waals surface area contributed by atoms with E-state index in [1.165, 1.54) is 25.9 Å². The van der Waals surface area contributed by atoms with Crippen LogP contribution in [-0.2, 0) is 0 Å². The van der Waals surface area contributed by atoms with Crippen LogP contribution in [0.3, 0.4) is 0 Å². The van der Waals surface area contributed by atoms with Crippen LogP contribution < -0.4 is 5.32 Å². The van der Waals surface area contributed by atoms with Gasteiger partial charge in [0.05, 0.1) is 0 Å². The van der Waals surface area contributed by atoms with Crippen LogP contribution in [0.25, 0.3) is 0 Å². The highest BCUT2D eigenvalue weighted by Crippen LogP contribution is 2.48. The number of rotatable bonds is 1. The first-order chi connectivity index (χ1) is 4.77. The number of nitrogens with one attached hydrogen (secondary N) is 1. The predicted molar refractivity (Wildman–Crippen MR) is 42.0 cm³/mol. The molecule has 1 N–H and O–H groups in total. The third kappa shape index (κ3) is 0.789. The minimum atomic E-state index is 0.576. The van der Waals surface area contributed by atoms with Crippen LogP contribution in [0.15, 0.2) is 0 Å². The van der Waals surface area contributed by atoms with Gasteiger partial charge in [0.1, 0.15) is 0 Å². The van der Waals surface area contributed by atoms with E-state index >= 15 is 0 Å². The maximum absolute atomic E-state index is 3.45. The van der Waals surface area contributed by atoms with Gasteiger partial charge in [0, 0.05) is 12.1 Å². The molecule has 0 bridgehead atoms. The van der Waals surface area contributed by atoms with Gasteiger partial charge in [-0.2, -0.15) is 0 Å². The Bertz CT molecular complexity index is 146. The first-order valence-corrected chi connectivity index (χ1v) is 4.14. The van der Waals surface area contributed by atoms with Gasteiger partial charge in [-0.05, 0) is 39.4 Å². The quantitative estimate of drug-likeness (QED) is 0.563. The summed E-state index contributed by atoms with van der Waals surface area (Å²) in [6.45, 7) is 2.58. The number of nitrogens with zero attached hydrogens (tertiary/aromatic N) is 1. The molecule has 2 atom stereocenters. The fraction of sp³-hybridized carbons (Fsp3) is 1.00. The molecule has 1 saturated heterocycles. The summed E-state index contributed by atoms with van der Waals surface area (Å²) in [5.41, 5.74) is 0.576. The van der Waals surface area contributed by atoms with Gasteiger partial charge in [0.2, 0.25) is 0 Å². The highest BCUT2D eigenvalue weighted by Gasteiger charge is 2.54. The number of hydrogen-bond donors (Lipinski definition) is 1. The molecule has 0 spiro atoms. The SMILES string of the molecule is CNC12CCN(C)CC1C2. The Labute approximate surface area is 62.6 Å². The predicted octanol–water partition coefficient (Wildman–Crippen LogP) is 0.300. The van der Waals surface area contributed by atoms with Gasteiger partial charge in [0.25, 0.3) is 0 Å². The zero-order valence-electron chi connectivity index (χ0n) is 6.85. The van der Waals surface area contributed by atoms with E-state index < -0.39 is 0 Å². The highest BCUT2D eigenvalue weighted by molar-refractivity contribution is 5.12. The molecule has 1 heterocycles. The molecule has 2 unspecified atom stereocenters. The number of hydrogen-bond acceptors (Lipinski definition) is 2. The lowest BCUT2D eigenvalue weighted by molar-refractivity contribution is 0.234. The molecule has 2 rings (SSSR count). The van der Waals surface area contributed by atoms with E-state index in [-0.39, 0.29) is 0 Å². The zero-order chi connectivity index (χ0) is 7.19. The number of piperidine rings is 1. The molecule has 58 valence electrons. The van der Waals surface area contributed by atoms with Crippen molar-refractivity contribution in [2.45, 2.75) is 18.4 Å². The number of fused-ring (bicyclic) bond motifs is 1. The summed E-state index contributed by atoms with van der Waals surface area (Å²) in [5.74, 6) is 0.955. The molecule has 1 aliphatic heterocycles. The van der Waals surface area contributed by atoms with Crippen molar-refractivity contribution in [3.05, 3.63) is 0 Å². The Kier molecular flexibility index (Phi) is 1.29. The molecule has 1 saturated carbocycles. The second kappa shape index (κ2) is 1.95. The van der Waals surface area contributed by atoms with Crippen LogP contribution in [0.1, 0.15) is 12.8 Å². The van der Waals surface area contributed by atoms with Crippen LogP contribution in [0.2, 0.25) is 0 Å². The summed E-state index contributed by atoms with van der Waals surface area (Å²) in [6.07, 6.45) is 2.76. The third-order valence-electron chi connectivity index (χ3n) is 3.20. The van der Waals surface area contributed by atoms with Crippen LogP contribution in [-0.4, -0.2) is 37.6 Å². The Morgan fingerprint density at radius 2 is 2.40 bits per heavy atom. The van der Waals surface area contributed by atoms with Gasteiger partial charge < -0.3 is 10.2 Å². The van der Waals surface area contributed by atoms with Gasteiger partial charge in [0.15, 0.2) is 0 Å². The van der Waals surface area contributed by atoms with Crippen molar-refractivity contribution < 1.29 is 0 Å². The fourth-order valence-corrected chi connectivity index (χ4v) is 2.22. The Morgan fingerprint density at radius 3 is 3.00 bits per heavy atom. The zero-order valence-corrected chi connectivity index (χ0v) is 6.85. The molecule has 1 aliphatic carbocycles. The maximum atomic E-state index is 3.45. The van der Waals surface area contributed by atoms with Crippen molar-refractivity contribution in [3.63, 3.8) is 0 Å². The van der Waals surface area contributed by atoms with Crippen molar-refractivity contribution in [1.82, 2.24) is 10.2 Å². The van der Waals surface area contributed by atoms with Crippen LogP contribution in [0.4, 0.5) is 0 Å². The smallest absolute Gasteiger partial charge is 0.0235 e. The van der Waals surface area contributed by atoms with Crippen molar-refractivity contribution in [2.24, 2.45) is 5.92 Å². The van der Waals surface area contributed by atoms with Crippen molar-refractivity contribution in [1.29, 1.82) is 0 Å². The molecule has 0 aromatic heterocycles. The van der Waals surface area contributed by atoms with Crippen molar-refractivity contribution >= 4 is 0 Å². The molecular weight excluding hydrogens is 124 g/mol. The summed E-state index contributed by atoms with van der Waals surface area (Å²) >= 11 is 0. The van der Waals surface area contributed by atoms with E-state index in [9.17, 15) is 0 Å². The summed E-state index contributed by atoms with van der Waals surface area (Å²) in [5, 5.41) is 3.45. The van der Waals surface area contributed by atoms with Gasteiger partial charge >= 0.3 is 0 Å². The average molecular weight is 140 g/mol. The summed E-state index contributed by atoms with van der Waals surface area (Å²) in [4.78, 5) is 2.44. The van der Waals surface area contributed by atoms with Crippen molar-refractivity contribution in [3.8, 4) is 0 Å². The molecule has 0 aromatic carbocycles. The first kappa shape index (κ1) is 6.62. The van der Waals surface area contributed by atoms with Gasteiger partial charge in [-0.1, -0.05) is 0 Å². The largest absolute Gasteiger partial charge is 0.314 e. The molecule has 10 heavy (non-hydrogen) atoms. The normalized spacial score (nSPS) is 46.8. The lowest BCUT2D eigenvalue weighted by Gasteiger charge is -2.28. The molecule has 2 nitrogen and oxygen atoms in total. The standard InChI is InChI=1S/C8H16N2/c1-9-8-3-4-10(2)6-7(8)5-8/h7,9H,3-6H2,1-2H3. The minimum Gasteiger partial charge on any atom is -0.314 e. The van der Waals surface area contributed by atoms with Gasteiger partial charge in [-0.15, -0.1) is 0 Å². The second-order valence-corrected chi connectivity index (χ2v) is 3.82. The molecule has 0 amide bonds. The molecule has 2 fully saturated rings. The Morgan fingerprint density at radius 1 is 1.60 bits per heavy atom. The molecule has 0 aromatic rings. The minimum absolute atomic E-state index is 0.576. The fourth-order valence-electron chi connectivity index (χ4n) is 2.22. The summed E-state index contributed by atoms with van der Waals surface area (Å²) in [7, 11) is 4.32. The van der Waals surface area contributed by atoms with Gasteiger partial charge in [-0.25, -0.2) is 0 Å². The van der Waals surface area contributed by atoms with Crippen molar-refractivity contribution in [2.75, 3.05) is 27.2 Å². The maximum Gasteiger partial charge on any atom is 0.0235 e. The average Bonchev–Trinajstić information content (AvgIpc) is 2.62. The summed E-state index contributed by atoms with van der Waals surface area (Å²) < 4.78 is 0. The van der Waals surface area contributed by atoms with E-state index in [1.54, 1.807) is 0 Å². The Balaban J connectivity index is 1.98. The number of likely N-dealkylation sites (tertiary alicyclic amines) is 1. The topological polar surface area (TPSA) is 15.3 Å². The van der Waals surface area contributed by atoms with Crippen LogP contribution >= 0.6 is 0 Å². The highest BCUT2D eigenvalue weighted by atomic mass is 15.2. The monoisotopic (exact) mass is 140 g/mol. The van der Waals surface area contributed by atoms with Crippen LogP contribution in [0.5, 0.6) is 0 Å². The molecule has 0 radical (unpaired) electrons. The van der Waals surface area contributed by atoms with E-state index in [0.717, 1.165) is 5.92 Å². The molecule has 2 aliphatic rings. The Hall–Kier alpha value is -0.0800. The second-order valence-electron chi connectivity index (χ2n) is 3.82. The van der Waals surface area contributed by atoms with Gasteiger partial charge in [-0.3, -0.25) is 0 Å². The van der Waals surface area contributed by atoms with E-state index in [4.69, 9.17) is 0 Å². The molecule has 2 heteroatoms. The van der Waals surface area contributed by atoms with E-state index in [1.807, 2.05) is 0 Å².